The average molecular weight is 508 g/mol. The molecule has 12 heteroatoms. The van der Waals surface area contributed by atoms with Gasteiger partial charge in [-0.25, -0.2) is 0 Å². The van der Waals surface area contributed by atoms with Crippen molar-refractivity contribution < 1.29 is 14.5 Å². The van der Waals surface area contributed by atoms with Gasteiger partial charge in [0.05, 0.1) is 15.7 Å². The number of nitrogens with zero attached hydrogens (tertiary/aromatic N) is 4. The molecule has 0 bridgehead atoms. The van der Waals surface area contributed by atoms with Gasteiger partial charge in [-0.05, 0) is 31.2 Å². The molecule has 0 radical (unpaired) electrons. The lowest BCUT2D eigenvalue weighted by atomic mass is 10.2. The number of nitro benzene ring substituents is 1. The number of carbonyl (C=O) groups excluding carboxylic acids is 1. The Balaban J connectivity index is 1.71. The largest absolute Gasteiger partial charge is 0.481 e. The fourth-order valence-corrected chi connectivity index (χ4v) is 4.08. The van der Waals surface area contributed by atoms with Gasteiger partial charge in [0, 0.05) is 17.6 Å². The van der Waals surface area contributed by atoms with E-state index in [1.54, 1.807) is 41.8 Å². The van der Waals surface area contributed by atoms with E-state index in [-0.39, 0.29) is 17.1 Å². The number of amides is 1. The molecule has 1 heterocycles. The first-order valence-electron chi connectivity index (χ1n) is 9.62. The Kier molecular flexibility index (Phi) is 8.32. The van der Waals surface area contributed by atoms with Crippen LogP contribution in [0.3, 0.4) is 0 Å². The number of ether oxygens (including phenoxy) is 1. The molecule has 3 rings (SSSR count). The molecular weight excluding hydrogens is 489 g/mol. The van der Waals surface area contributed by atoms with Gasteiger partial charge >= 0.3 is 0 Å². The number of para-hydroxylation sites is 2. The molecule has 2 aromatic carbocycles. The van der Waals surface area contributed by atoms with Gasteiger partial charge in [-0.2, -0.15) is 0 Å². The molecule has 1 aromatic heterocycles. The van der Waals surface area contributed by atoms with Crippen LogP contribution in [-0.2, 0) is 11.3 Å². The Morgan fingerprint density at radius 2 is 2.09 bits per heavy atom. The Bertz CT molecular complexity index is 1190. The number of nitrogens with one attached hydrogen (secondary N) is 1. The summed E-state index contributed by atoms with van der Waals surface area (Å²) in [5.74, 6) is 0.517. The van der Waals surface area contributed by atoms with Crippen LogP contribution in [0.25, 0.3) is 0 Å². The molecule has 1 amide bonds. The molecule has 9 nitrogen and oxygen atoms in total. The van der Waals surface area contributed by atoms with E-state index in [9.17, 15) is 14.9 Å². The molecule has 0 aliphatic heterocycles. The van der Waals surface area contributed by atoms with Gasteiger partial charge in [0.2, 0.25) is 5.91 Å². The average Bonchev–Trinajstić information content (AvgIpc) is 3.17. The van der Waals surface area contributed by atoms with Crippen LogP contribution in [0.4, 0.5) is 11.4 Å². The van der Waals surface area contributed by atoms with E-state index in [0.29, 0.717) is 33.3 Å². The smallest absolute Gasteiger partial charge is 0.292 e. The molecule has 1 unspecified atom stereocenters. The van der Waals surface area contributed by atoms with Crippen molar-refractivity contribution in [1.29, 1.82) is 0 Å². The molecule has 33 heavy (non-hydrogen) atoms. The molecule has 1 atom stereocenters. The second-order valence-corrected chi connectivity index (χ2v) is 8.47. The van der Waals surface area contributed by atoms with Gasteiger partial charge in [0.1, 0.15) is 11.4 Å². The number of thioether (sulfide) groups is 1. The molecule has 0 fully saturated rings. The molecular formula is C21H19Cl2N5O4S. The quantitative estimate of drug-likeness (QED) is 0.165. The Labute approximate surface area is 203 Å². The number of benzene rings is 2. The highest BCUT2D eigenvalue weighted by atomic mass is 35.5. The minimum Gasteiger partial charge on any atom is -0.481 e. The van der Waals surface area contributed by atoms with E-state index in [1.165, 1.54) is 18.2 Å². The standard InChI is InChI=1S/C21H19Cl2N5O4S/c1-3-10-27-20(13(2)32-18-9-8-14(22)11-15(18)23)25-26-21(27)33-12-19(29)24-16-6-4-5-7-17(16)28(30)31/h3-9,11,13H,1,10,12H2,2H3,(H,24,29). The van der Waals surface area contributed by atoms with Gasteiger partial charge in [-0.3, -0.25) is 19.5 Å². The summed E-state index contributed by atoms with van der Waals surface area (Å²) < 4.78 is 7.69. The second-order valence-electron chi connectivity index (χ2n) is 6.69. The van der Waals surface area contributed by atoms with E-state index < -0.39 is 16.9 Å². The summed E-state index contributed by atoms with van der Waals surface area (Å²) in [5, 5.41) is 23.4. The summed E-state index contributed by atoms with van der Waals surface area (Å²) in [7, 11) is 0. The Hall–Kier alpha value is -3.08. The third kappa shape index (κ3) is 6.25. The van der Waals surface area contributed by atoms with E-state index in [4.69, 9.17) is 27.9 Å². The summed E-state index contributed by atoms with van der Waals surface area (Å²) in [6.07, 6.45) is 1.16. The van der Waals surface area contributed by atoms with Crippen molar-refractivity contribution in [2.45, 2.75) is 24.7 Å². The molecule has 3 aromatic rings. The number of anilines is 1. The number of halogens is 2. The predicted octanol–water partition coefficient (Wildman–Crippen LogP) is 5.55. The minimum absolute atomic E-state index is 0.0282. The number of hydrogen-bond donors (Lipinski definition) is 1. The van der Waals surface area contributed by atoms with Crippen LogP contribution >= 0.6 is 35.0 Å². The highest BCUT2D eigenvalue weighted by molar-refractivity contribution is 7.99. The molecule has 0 saturated carbocycles. The molecule has 0 saturated heterocycles. The number of hydrogen-bond acceptors (Lipinski definition) is 7. The molecule has 0 aliphatic rings. The third-order valence-electron chi connectivity index (χ3n) is 4.33. The number of nitro groups is 1. The maximum Gasteiger partial charge on any atom is 0.292 e. The van der Waals surface area contributed by atoms with Gasteiger partial charge in [0.25, 0.3) is 5.69 Å². The van der Waals surface area contributed by atoms with Crippen LogP contribution in [0.2, 0.25) is 10.0 Å². The Morgan fingerprint density at radius 3 is 2.79 bits per heavy atom. The zero-order chi connectivity index (χ0) is 24.0. The SMILES string of the molecule is C=CCn1c(SCC(=O)Nc2ccccc2[N+](=O)[O-])nnc1C(C)Oc1ccc(Cl)cc1Cl. The summed E-state index contributed by atoms with van der Waals surface area (Å²) in [4.78, 5) is 23.0. The lowest BCUT2D eigenvalue weighted by Gasteiger charge is -2.16. The molecule has 172 valence electrons. The van der Waals surface area contributed by atoms with E-state index in [0.717, 1.165) is 11.8 Å². The van der Waals surface area contributed by atoms with E-state index in [2.05, 4.69) is 22.1 Å². The number of aromatic nitrogens is 3. The van der Waals surface area contributed by atoms with Crippen molar-refractivity contribution in [3.63, 3.8) is 0 Å². The third-order valence-corrected chi connectivity index (χ3v) is 5.82. The van der Waals surface area contributed by atoms with Crippen LogP contribution in [0.5, 0.6) is 5.75 Å². The predicted molar refractivity (Wildman–Crippen MR) is 128 cm³/mol. The molecule has 1 N–H and O–H groups in total. The first kappa shape index (κ1) is 24.6. The molecule has 0 spiro atoms. The first-order chi connectivity index (χ1) is 15.8. The van der Waals surface area contributed by atoms with Crippen molar-refractivity contribution in [3.8, 4) is 5.75 Å². The lowest BCUT2D eigenvalue weighted by Crippen LogP contribution is -2.16. The van der Waals surface area contributed by atoms with Crippen molar-refractivity contribution in [3.05, 3.63) is 81.1 Å². The van der Waals surface area contributed by atoms with Crippen molar-refractivity contribution in [2.24, 2.45) is 0 Å². The maximum absolute atomic E-state index is 12.4. The van der Waals surface area contributed by atoms with Gasteiger partial charge in [-0.15, -0.1) is 16.8 Å². The summed E-state index contributed by atoms with van der Waals surface area (Å²) >= 11 is 13.3. The Morgan fingerprint density at radius 1 is 1.33 bits per heavy atom. The fraction of sp³-hybridized carbons (Fsp3) is 0.190. The highest BCUT2D eigenvalue weighted by Crippen LogP contribution is 2.32. The summed E-state index contributed by atoms with van der Waals surface area (Å²) in [6, 6.07) is 10.8. The zero-order valence-corrected chi connectivity index (χ0v) is 19.7. The van der Waals surface area contributed by atoms with Gasteiger partial charge < -0.3 is 10.1 Å². The minimum atomic E-state index is -0.552. The van der Waals surface area contributed by atoms with Crippen LogP contribution < -0.4 is 10.1 Å². The van der Waals surface area contributed by atoms with Gasteiger partial charge in [-0.1, -0.05) is 53.2 Å². The monoisotopic (exact) mass is 507 g/mol. The maximum atomic E-state index is 12.4. The van der Waals surface area contributed by atoms with Crippen molar-refractivity contribution >= 4 is 52.2 Å². The van der Waals surface area contributed by atoms with Gasteiger partial charge in [0.15, 0.2) is 17.1 Å². The van der Waals surface area contributed by atoms with Crippen LogP contribution in [0.1, 0.15) is 18.9 Å². The lowest BCUT2D eigenvalue weighted by molar-refractivity contribution is -0.383. The van der Waals surface area contributed by atoms with E-state index in [1.807, 2.05) is 0 Å². The van der Waals surface area contributed by atoms with Crippen molar-refractivity contribution in [1.82, 2.24) is 14.8 Å². The molecule has 0 aliphatic carbocycles. The second kappa shape index (κ2) is 11.2. The number of carbonyl (C=O) groups is 1. The fourth-order valence-electron chi connectivity index (χ4n) is 2.88. The van der Waals surface area contributed by atoms with Crippen LogP contribution in [-0.4, -0.2) is 31.3 Å². The summed E-state index contributed by atoms with van der Waals surface area (Å²) in [5.41, 5.74) is -0.0528. The normalized spacial score (nSPS) is 11.6. The topological polar surface area (TPSA) is 112 Å². The van der Waals surface area contributed by atoms with E-state index >= 15 is 0 Å². The number of rotatable bonds is 10. The zero-order valence-electron chi connectivity index (χ0n) is 17.4. The number of allylic oxidation sites excluding steroid dienone is 1. The van der Waals surface area contributed by atoms with Crippen LogP contribution in [0.15, 0.2) is 60.3 Å². The first-order valence-corrected chi connectivity index (χ1v) is 11.4. The highest BCUT2D eigenvalue weighted by Gasteiger charge is 2.21. The van der Waals surface area contributed by atoms with Crippen LogP contribution in [0, 0.1) is 10.1 Å². The van der Waals surface area contributed by atoms with Crippen molar-refractivity contribution in [2.75, 3.05) is 11.1 Å². The summed E-state index contributed by atoms with van der Waals surface area (Å²) in [6.45, 7) is 5.94.